The van der Waals surface area contributed by atoms with E-state index in [2.05, 4.69) is 20.9 Å². The average Bonchev–Trinajstić information content (AvgIpc) is 2.65. The number of alkyl halides is 1. The van der Waals surface area contributed by atoms with Gasteiger partial charge < -0.3 is 14.2 Å². The van der Waals surface area contributed by atoms with Crippen LogP contribution in [0.25, 0.3) is 0 Å². The minimum absolute atomic E-state index is 0.0463. The minimum atomic E-state index is -0.927. The zero-order valence-electron chi connectivity index (χ0n) is 18.3. The maximum atomic E-state index is 12.1. The van der Waals surface area contributed by atoms with Gasteiger partial charge in [0.1, 0.15) is 17.0 Å². The van der Waals surface area contributed by atoms with Crippen molar-refractivity contribution in [2.75, 3.05) is 18.5 Å². The summed E-state index contributed by atoms with van der Waals surface area (Å²) in [5.74, 6) is 0.296. The highest BCUT2D eigenvalue weighted by Crippen LogP contribution is 2.18. The first-order valence-electron chi connectivity index (χ1n) is 10.1. The Bertz CT molecular complexity index is 638. The van der Waals surface area contributed by atoms with E-state index in [4.69, 9.17) is 14.2 Å². The van der Waals surface area contributed by atoms with E-state index in [1.54, 1.807) is 32.2 Å². The van der Waals surface area contributed by atoms with E-state index < -0.39 is 11.2 Å². The normalized spacial score (nSPS) is 11.9. The van der Waals surface area contributed by atoms with Crippen LogP contribution in [-0.2, 0) is 14.3 Å². The van der Waals surface area contributed by atoms with Crippen molar-refractivity contribution in [2.45, 2.75) is 77.9 Å². The fourth-order valence-corrected chi connectivity index (χ4v) is 2.70. The summed E-state index contributed by atoms with van der Waals surface area (Å²) in [5, 5.41) is 0.268. The lowest BCUT2D eigenvalue weighted by Crippen LogP contribution is -2.41. The third kappa shape index (κ3) is 10.8. The number of rotatable bonds is 13. The highest BCUT2D eigenvalue weighted by atomic mass is 79.9. The molecule has 0 aliphatic rings. The number of hydrogen-bond acceptors (Lipinski definition) is 6. The van der Waals surface area contributed by atoms with E-state index in [0.717, 1.165) is 32.1 Å². The Morgan fingerprint density at radius 3 is 2.14 bits per heavy atom. The summed E-state index contributed by atoms with van der Waals surface area (Å²) < 4.78 is 16.8. The highest BCUT2D eigenvalue weighted by Gasteiger charge is 2.33. The Labute approximate surface area is 182 Å². The largest absolute Gasteiger partial charge is 0.492 e. The van der Waals surface area contributed by atoms with Crippen LogP contribution < -0.4 is 4.74 Å². The Kier molecular flexibility index (Phi) is 10.8. The van der Waals surface area contributed by atoms with E-state index >= 15 is 0 Å². The van der Waals surface area contributed by atoms with E-state index in [-0.39, 0.29) is 17.1 Å². The predicted octanol–water partition coefficient (Wildman–Crippen LogP) is 5.13. The average molecular weight is 472 g/mol. The summed E-state index contributed by atoms with van der Waals surface area (Å²) in [6.45, 7) is 10.2. The maximum Gasteiger partial charge on any atom is 0.338 e. The number of hydrogen-bond donors (Lipinski definition) is 0. The second kappa shape index (κ2) is 12.3. The molecule has 0 N–H and O–H groups in total. The number of carbonyl (C=O) groups excluding carboxylic acids is 2. The zero-order valence-corrected chi connectivity index (χ0v) is 19.8. The van der Waals surface area contributed by atoms with Crippen LogP contribution in [0.4, 0.5) is 0 Å². The van der Waals surface area contributed by atoms with Gasteiger partial charge in [-0.05, 0) is 59.6 Å². The molecule has 7 heteroatoms. The fraction of sp³-hybridized carbons (Fsp3) is 0.682. The molecule has 0 fully saturated rings. The molecular weight excluding hydrogens is 438 g/mol. The summed E-state index contributed by atoms with van der Waals surface area (Å²) in [7, 11) is 0. The van der Waals surface area contributed by atoms with E-state index in [9.17, 15) is 9.59 Å². The SMILES string of the molecule is CC(C)(C)OC(=O)C(C)(C)OCCCCCCCOc1ccc(C(=O)CBr)nc1. The molecule has 0 aliphatic carbocycles. The van der Waals surface area contributed by atoms with Gasteiger partial charge >= 0.3 is 5.97 Å². The van der Waals surface area contributed by atoms with E-state index in [0.29, 0.717) is 24.7 Å². The molecule has 1 aromatic heterocycles. The summed E-state index contributed by atoms with van der Waals surface area (Å²) in [5.41, 5.74) is -1.00. The molecule has 1 rings (SSSR count). The van der Waals surface area contributed by atoms with Gasteiger partial charge in [0.2, 0.25) is 0 Å². The Morgan fingerprint density at radius 1 is 0.966 bits per heavy atom. The first-order chi connectivity index (χ1) is 13.5. The van der Waals surface area contributed by atoms with Gasteiger partial charge in [0.05, 0.1) is 18.1 Å². The number of Topliss-reactive ketones (excluding diaryl/α,β-unsaturated/α-hetero) is 1. The molecule has 0 aliphatic heterocycles. The molecule has 0 aromatic carbocycles. The fourth-order valence-electron chi connectivity index (χ4n) is 2.41. The smallest absolute Gasteiger partial charge is 0.338 e. The summed E-state index contributed by atoms with van der Waals surface area (Å²) >= 11 is 3.13. The van der Waals surface area contributed by atoms with Crippen molar-refractivity contribution in [1.29, 1.82) is 0 Å². The Hall–Kier alpha value is -1.47. The summed E-state index contributed by atoms with van der Waals surface area (Å²) in [4.78, 5) is 27.7. The number of ketones is 1. The second-order valence-electron chi connectivity index (χ2n) is 8.41. The number of halogens is 1. The van der Waals surface area contributed by atoms with Crippen LogP contribution in [0.1, 0.15) is 77.2 Å². The van der Waals surface area contributed by atoms with Crippen LogP contribution in [0.2, 0.25) is 0 Å². The molecule has 0 saturated heterocycles. The monoisotopic (exact) mass is 471 g/mol. The molecule has 0 unspecified atom stereocenters. The van der Waals surface area contributed by atoms with Gasteiger partial charge in [0.25, 0.3) is 0 Å². The molecule has 0 saturated carbocycles. The quantitative estimate of drug-likeness (QED) is 0.172. The van der Waals surface area contributed by atoms with Crippen molar-refractivity contribution in [2.24, 2.45) is 0 Å². The lowest BCUT2D eigenvalue weighted by atomic mass is 10.1. The molecule has 164 valence electrons. The van der Waals surface area contributed by atoms with Gasteiger partial charge in [0, 0.05) is 6.61 Å². The molecule has 1 aromatic rings. The number of carbonyl (C=O) groups is 2. The lowest BCUT2D eigenvalue weighted by Gasteiger charge is -2.28. The van der Waals surface area contributed by atoms with E-state index in [1.165, 1.54) is 0 Å². The molecule has 1 heterocycles. The maximum absolute atomic E-state index is 12.1. The number of esters is 1. The first-order valence-corrected chi connectivity index (χ1v) is 11.2. The Morgan fingerprint density at radius 2 is 1.59 bits per heavy atom. The third-order valence-electron chi connectivity index (χ3n) is 4.05. The number of pyridine rings is 1. The zero-order chi connectivity index (χ0) is 21.9. The molecule has 0 radical (unpaired) electrons. The van der Waals surface area contributed by atoms with Crippen molar-refractivity contribution < 1.29 is 23.8 Å². The van der Waals surface area contributed by atoms with Crippen LogP contribution in [-0.4, -0.2) is 46.5 Å². The van der Waals surface area contributed by atoms with Gasteiger partial charge in [-0.15, -0.1) is 0 Å². The second-order valence-corrected chi connectivity index (χ2v) is 8.97. The minimum Gasteiger partial charge on any atom is -0.492 e. The molecule has 0 amide bonds. The van der Waals surface area contributed by atoms with Crippen molar-refractivity contribution in [3.05, 3.63) is 24.0 Å². The van der Waals surface area contributed by atoms with Crippen molar-refractivity contribution >= 4 is 27.7 Å². The number of ether oxygens (including phenoxy) is 3. The van der Waals surface area contributed by atoms with Crippen LogP contribution in [0.15, 0.2) is 18.3 Å². The van der Waals surface area contributed by atoms with Crippen LogP contribution in [0, 0.1) is 0 Å². The van der Waals surface area contributed by atoms with Crippen LogP contribution in [0.5, 0.6) is 5.75 Å². The number of unbranched alkanes of at least 4 members (excludes halogenated alkanes) is 4. The molecule has 0 spiro atoms. The lowest BCUT2D eigenvalue weighted by molar-refractivity contribution is -0.179. The third-order valence-corrected chi connectivity index (χ3v) is 4.56. The number of nitrogens with zero attached hydrogens (tertiary/aromatic N) is 1. The van der Waals surface area contributed by atoms with Crippen molar-refractivity contribution in [3.8, 4) is 5.75 Å². The molecule has 0 bridgehead atoms. The topological polar surface area (TPSA) is 74.7 Å². The van der Waals surface area contributed by atoms with Gasteiger partial charge in [-0.2, -0.15) is 0 Å². The van der Waals surface area contributed by atoms with E-state index in [1.807, 2.05) is 20.8 Å². The molecule has 29 heavy (non-hydrogen) atoms. The molecular formula is C22H34BrNO5. The van der Waals surface area contributed by atoms with Crippen molar-refractivity contribution in [3.63, 3.8) is 0 Å². The van der Waals surface area contributed by atoms with Crippen LogP contribution in [0.3, 0.4) is 0 Å². The number of aromatic nitrogens is 1. The van der Waals surface area contributed by atoms with Crippen LogP contribution >= 0.6 is 15.9 Å². The first kappa shape index (κ1) is 25.6. The van der Waals surface area contributed by atoms with Gasteiger partial charge in [-0.25, -0.2) is 9.78 Å². The summed E-state index contributed by atoms with van der Waals surface area (Å²) in [6.07, 6.45) is 6.61. The van der Waals surface area contributed by atoms with Crippen molar-refractivity contribution in [1.82, 2.24) is 4.98 Å². The van der Waals surface area contributed by atoms with Gasteiger partial charge in [-0.3, -0.25) is 4.79 Å². The highest BCUT2D eigenvalue weighted by molar-refractivity contribution is 9.09. The van der Waals surface area contributed by atoms with Gasteiger partial charge in [0.15, 0.2) is 11.4 Å². The molecule has 6 nitrogen and oxygen atoms in total. The predicted molar refractivity (Wildman–Crippen MR) is 117 cm³/mol. The standard InChI is InChI=1S/C22H34BrNO5/c1-21(2,3)29-20(26)22(4,5)28-14-10-8-6-7-9-13-27-17-11-12-18(24-16-17)19(25)15-23/h11-12,16H,6-10,13-15H2,1-5H3. The summed E-state index contributed by atoms with van der Waals surface area (Å²) in [6, 6.07) is 3.45. The Balaban J connectivity index is 2.10. The van der Waals surface area contributed by atoms with Gasteiger partial charge in [-0.1, -0.05) is 35.2 Å². The molecule has 0 atom stereocenters.